The van der Waals surface area contributed by atoms with Crippen LogP contribution in [0, 0.1) is 0 Å². The number of benzene rings is 2. The van der Waals surface area contributed by atoms with Crippen LogP contribution in [0.2, 0.25) is 10.0 Å². The molecule has 1 aliphatic heterocycles. The average molecular weight is 402 g/mol. The highest BCUT2D eigenvalue weighted by Gasteiger charge is 2.54. The lowest BCUT2D eigenvalue weighted by atomic mass is 9.76. The first-order chi connectivity index (χ1) is 12.2. The Morgan fingerprint density at radius 2 is 1.92 bits per heavy atom. The van der Waals surface area contributed by atoms with Gasteiger partial charge in [0.2, 0.25) is 5.91 Å². The zero-order valence-electron chi connectivity index (χ0n) is 13.4. The number of alkyl halides is 3. The third-order valence-corrected chi connectivity index (χ3v) is 5.73. The number of anilines is 1. The van der Waals surface area contributed by atoms with E-state index in [0.29, 0.717) is 34.7 Å². The molecule has 0 saturated carbocycles. The standard InChI is InChI=1S/C18H12Cl2F3NO2/c1-26-15-12(20)7-11(19)9-4-5-17(14(9)15)10-3-2-8(18(21,22)23)6-13(10)24-16(17)25/h2-3,6-7H,4-5H2,1H3,(H,24,25). The summed E-state index contributed by atoms with van der Waals surface area (Å²) >= 11 is 12.5. The van der Waals surface area contributed by atoms with E-state index in [0.717, 1.165) is 17.7 Å². The van der Waals surface area contributed by atoms with Crippen LogP contribution in [0.15, 0.2) is 24.3 Å². The largest absolute Gasteiger partial charge is 0.495 e. The maximum Gasteiger partial charge on any atom is 0.416 e. The summed E-state index contributed by atoms with van der Waals surface area (Å²) in [7, 11) is 1.43. The molecule has 8 heteroatoms. The van der Waals surface area contributed by atoms with Gasteiger partial charge in [-0.15, -0.1) is 0 Å². The van der Waals surface area contributed by atoms with Gasteiger partial charge in [-0.25, -0.2) is 0 Å². The number of carbonyl (C=O) groups excluding carboxylic acids is 1. The first-order valence-corrected chi connectivity index (χ1v) is 8.54. The van der Waals surface area contributed by atoms with Gasteiger partial charge < -0.3 is 10.1 Å². The lowest BCUT2D eigenvalue weighted by Gasteiger charge is -2.26. The first kappa shape index (κ1) is 17.5. The van der Waals surface area contributed by atoms with Crippen molar-refractivity contribution in [1.82, 2.24) is 0 Å². The quantitative estimate of drug-likeness (QED) is 0.712. The molecule has 2 aliphatic rings. The highest BCUT2D eigenvalue weighted by Crippen LogP contribution is 2.57. The van der Waals surface area contributed by atoms with Crippen molar-refractivity contribution >= 4 is 34.8 Å². The summed E-state index contributed by atoms with van der Waals surface area (Å²) in [5, 5.41) is 3.26. The van der Waals surface area contributed by atoms with Crippen LogP contribution in [0.4, 0.5) is 18.9 Å². The number of hydrogen-bond acceptors (Lipinski definition) is 2. The topological polar surface area (TPSA) is 38.3 Å². The molecule has 26 heavy (non-hydrogen) atoms. The van der Waals surface area contributed by atoms with Crippen LogP contribution >= 0.6 is 23.2 Å². The Morgan fingerprint density at radius 3 is 2.58 bits per heavy atom. The molecule has 1 amide bonds. The molecule has 1 unspecified atom stereocenters. The minimum Gasteiger partial charge on any atom is -0.495 e. The number of hydrogen-bond donors (Lipinski definition) is 1. The molecule has 1 heterocycles. The van der Waals surface area contributed by atoms with E-state index in [1.165, 1.54) is 13.2 Å². The van der Waals surface area contributed by atoms with Gasteiger partial charge in [-0.05, 0) is 42.2 Å². The van der Waals surface area contributed by atoms with Crippen molar-refractivity contribution < 1.29 is 22.7 Å². The highest BCUT2D eigenvalue weighted by atomic mass is 35.5. The summed E-state index contributed by atoms with van der Waals surface area (Å²) in [6, 6.07) is 4.84. The molecule has 1 N–H and O–H groups in total. The van der Waals surface area contributed by atoms with E-state index in [1.807, 2.05) is 0 Å². The van der Waals surface area contributed by atoms with Crippen LogP contribution in [-0.2, 0) is 22.8 Å². The first-order valence-electron chi connectivity index (χ1n) is 7.78. The van der Waals surface area contributed by atoms with E-state index in [4.69, 9.17) is 27.9 Å². The SMILES string of the molecule is COc1c(Cl)cc(Cl)c2c1C1(CC2)C(=O)Nc2cc(C(F)(F)F)ccc21. The Labute approximate surface area is 157 Å². The number of rotatable bonds is 1. The summed E-state index contributed by atoms with van der Waals surface area (Å²) in [6.45, 7) is 0. The van der Waals surface area contributed by atoms with Crippen molar-refractivity contribution in [3.05, 3.63) is 56.6 Å². The minimum absolute atomic E-state index is 0.149. The van der Waals surface area contributed by atoms with Crippen LogP contribution in [0.25, 0.3) is 0 Å². The fourth-order valence-corrected chi connectivity index (χ4v) is 4.65. The molecule has 3 nitrogen and oxygen atoms in total. The van der Waals surface area contributed by atoms with Crippen LogP contribution in [0.3, 0.4) is 0 Å². The second kappa shape index (κ2) is 5.54. The maximum absolute atomic E-state index is 13.0. The molecule has 4 rings (SSSR count). The van der Waals surface area contributed by atoms with Gasteiger partial charge in [0.15, 0.2) is 0 Å². The lowest BCUT2D eigenvalue weighted by molar-refractivity contribution is -0.137. The van der Waals surface area contributed by atoms with Crippen LogP contribution in [0.5, 0.6) is 5.75 Å². The number of halogens is 5. The molecule has 0 saturated heterocycles. The van der Waals surface area contributed by atoms with E-state index < -0.39 is 23.1 Å². The number of ether oxygens (including phenoxy) is 1. The Bertz CT molecular complexity index is 958. The maximum atomic E-state index is 13.0. The molecule has 0 aromatic heterocycles. The Kier molecular flexibility index (Phi) is 3.72. The molecule has 2 aromatic rings. The van der Waals surface area contributed by atoms with Gasteiger partial charge in [-0.1, -0.05) is 29.3 Å². The van der Waals surface area contributed by atoms with Gasteiger partial charge in [0.05, 0.1) is 17.7 Å². The van der Waals surface area contributed by atoms with Crippen molar-refractivity contribution in [2.75, 3.05) is 12.4 Å². The lowest BCUT2D eigenvalue weighted by Crippen LogP contribution is -2.33. The summed E-state index contributed by atoms with van der Waals surface area (Å²) in [4.78, 5) is 12.9. The van der Waals surface area contributed by atoms with Gasteiger partial charge in [0.1, 0.15) is 11.2 Å². The predicted molar refractivity (Wildman–Crippen MR) is 92.2 cm³/mol. The van der Waals surface area contributed by atoms with Crippen molar-refractivity contribution in [3.63, 3.8) is 0 Å². The smallest absolute Gasteiger partial charge is 0.416 e. The molecular weight excluding hydrogens is 390 g/mol. The van der Waals surface area contributed by atoms with E-state index in [-0.39, 0.29) is 10.7 Å². The fraction of sp³-hybridized carbons (Fsp3) is 0.278. The monoisotopic (exact) mass is 401 g/mol. The van der Waals surface area contributed by atoms with Gasteiger partial charge in [-0.2, -0.15) is 13.2 Å². The Balaban J connectivity index is 2.00. The van der Waals surface area contributed by atoms with E-state index in [2.05, 4.69) is 5.32 Å². The molecule has 2 aromatic carbocycles. The molecule has 0 bridgehead atoms. The summed E-state index contributed by atoms with van der Waals surface area (Å²) in [5.41, 5.74) is -0.0803. The average Bonchev–Trinajstić information content (AvgIpc) is 3.08. The van der Waals surface area contributed by atoms with Gasteiger partial charge in [0.25, 0.3) is 0 Å². The molecular formula is C18H12Cl2F3NO2. The van der Waals surface area contributed by atoms with Gasteiger partial charge in [0, 0.05) is 16.3 Å². The normalized spacial score (nSPS) is 20.9. The highest BCUT2D eigenvalue weighted by molar-refractivity contribution is 6.36. The number of nitrogens with one attached hydrogen (secondary N) is 1. The second-order valence-corrected chi connectivity index (χ2v) is 7.16. The molecule has 0 fully saturated rings. The number of methoxy groups -OCH3 is 1. The number of fused-ring (bicyclic) bond motifs is 4. The van der Waals surface area contributed by atoms with Gasteiger partial charge >= 0.3 is 6.18 Å². The third kappa shape index (κ3) is 2.18. The summed E-state index contributed by atoms with van der Waals surface area (Å²) in [5.74, 6) is -0.0753. The molecule has 0 radical (unpaired) electrons. The van der Waals surface area contributed by atoms with Crippen molar-refractivity contribution in [3.8, 4) is 5.75 Å². The molecule has 136 valence electrons. The van der Waals surface area contributed by atoms with Crippen molar-refractivity contribution in [2.24, 2.45) is 0 Å². The molecule has 1 aliphatic carbocycles. The Hall–Kier alpha value is -1.92. The number of carbonyl (C=O) groups is 1. The van der Waals surface area contributed by atoms with Crippen LogP contribution in [-0.4, -0.2) is 13.0 Å². The van der Waals surface area contributed by atoms with Crippen molar-refractivity contribution in [2.45, 2.75) is 24.4 Å². The minimum atomic E-state index is -4.49. The second-order valence-electron chi connectivity index (χ2n) is 6.34. The predicted octanol–water partition coefficient (Wildman–Crippen LogP) is 5.21. The van der Waals surface area contributed by atoms with Crippen molar-refractivity contribution in [1.29, 1.82) is 0 Å². The van der Waals surface area contributed by atoms with E-state index in [9.17, 15) is 18.0 Å². The fourth-order valence-electron chi connectivity index (χ4n) is 4.02. The summed E-state index contributed by atoms with van der Waals surface area (Å²) in [6.07, 6.45) is -3.62. The van der Waals surface area contributed by atoms with E-state index >= 15 is 0 Å². The Morgan fingerprint density at radius 1 is 1.19 bits per heavy atom. The molecule has 1 atom stereocenters. The summed E-state index contributed by atoms with van der Waals surface area (Å²) < 4.78 is 44.5. The van der Waals surface area contributed by atoms with E-state index in [1.54, 1.807) is 6.07 Å². The number of amides is 1. The zero-order valence-corrected chi connectivity index (χ0v) is 14.9. The zero-order chi connectivity index (χ0) is 18.9. The van der Waals surface area contributed by atoms with Gasteiger partial charge in [-0.3, -0.25) is 4.79 Å². The van der Waals surface area contributed by atoms with Crippen LogP contribution in [0.1, 0.15) is 28.7 Å². The molecule has 1 spiro atoms. The third-order valence-electron chi connectivity index (χ3n) is 5.11. The van der Waals surface area contributed by atoms with Crippen LogP contribution < -0.4 is 10.1 Å².